The first-order valence-electron chi connectivity index (χ1n) is 8.42. The number of rotatable bonds is 1. The Bertz CT molecular complexity index is 523. The average Bonchev–Trinajstić information content (AvgIpc) is 2.86. The monoisotopic (exact) mass is 287 g/mol. The van der Waals surface area contributed by atoms with Crippen molar-refractivity contribution < 1.29 is 4.74 Å². The van der Waals surface area contributed by atoms with Crippen LogP contribution in [0.5, 0.6) is 0 Å². The number of aryl methyl sites for hydroxylation is 2. The zero-order valence-electron chi connectivity index (χ0n) is 13.0. The summed E-state index contributed by atoms with van der Waals surface area (Å²) in [5, 5.41) is 0. The van der Waals surface area contributed by atoms with Gasteiger partial charge in [-0.3, -0.25) is 4.90 Å². The zero-order valence-corrected chi connectivity index (χ0v) is 13.0. The number of nitrogens with zero attached hydrogens (tertiary/aromatic N) is 3. The molecule has 4 rings (SSSR count). The maximum atomic E-state index is 5.53. The predicted octanol–water partition coefficient (Wildman–Crippen LogP) is 2.24. The molecule has 1 aromatic heterocycles. The quantitative estimate of drug-likeness (QED) is 0.794. The van der Waals surface area contributed by atoms with E-state index in [4.69, 9.17) is 9.72 Å². The van der Waals surface area contributed by atoms with E-state index in [0.29, 0.717) is 5.41 Å². The van der Waals surface area contributed by atoms with Gasteiger partial charge in [0, 0.05) is 37.4 Å². The van der Waals surface area contributed by atoms with Crippen LogP contribution in [0.2, 0.25) is 0 Å². The van der Waals surface area contributed by atoms with Crippen molar-refractivity contribution in [2.45, 2.75) is 56.9 Å². The lowest BCUT2D eigenvalue weighted by Gasteiger charge is -2.45. The van der Waals surface area contributed by atoms with Gasteiger partial charge in [0.2, 0.25) is 0 Å². The van der Waals surface area contributed by atoms with E-state index in [1.54, 1.807) is 0 Å². The molecule has 0 amide bonds. The minimum absolute atomic E-state index is 0.305. The number of fused-ring (bicyclic) bond motifs is 2. The van der Waals surface area contributed by atoms with Gasteiger partial charge >= 0.3 is 0 Å². The molecule has 0 N–H and O–H groups in total. The first-order valence-corrected chi connectivity index (χ1v) is 8.42. The van der Waals surface area contributed by atoms with Crippen molar-refractivity contribution in [1.82, 2.24) is 14.9 Å². The number of likely N-dealkylation sites (tertiary alicyclic amines) is 1. The van der Waals surface area contributed by atoms with Crippen molar-refractivity contribution in [1.29, 1.82) is 0 Å². The lowest BCUT2D eigenvalue weighted by Crippen LogP contribution is -2.51. The standard InChI is InChI=1S/C17H25N3O/c1-13-18-11-14-3-7-17(16(14)19-13)6-2-8-20(12-17)15-4-9-21-10-5-15/h11,15H,2-10,12H2,1H3. The summed E-state index contributed by atoms with van der Waals surface area (Å²) in [5.74, 6) is 0.929. The fourth-order valence-electron chi connectivity index (χ4n) is 4.56. The first-order chi connectivity index (χ1) is 10.3. The zero-order chi connectivity index (χ0) is 14.3. The molecule has 3 heterocycles. The van der Waals surface area contributed by atoms with E-state index < -0.39 is 0 Å². The lowest BCUT2D eigenvalue weighted by atomic mass is 9.77. The van der Waals surface area contributed by atoms with Gasteiger partial charge in [-0.05, 0) is 57.6 Å². The van der Waals surface area contributed by atoms with Gasteiger partial charge in [0.25, 0.3) is 0 Å². The molecular weight excluding hydrogens is 262 g/mol. The summed E-state index contributed by atoms with van der Waals surface area (Å²) in [6.07, 6.45) is 9.50. The third-order valence-corrected chi connectivity index (χ3v) is 5.67. The molecule has 2 aliphatic heterocycles. The molecule has 1 atom stereocenters. The lowest BCUT2D eigenvalue weighted by molar-refractivity contribution is 0.0114. The van der Waals surface area contributed by atoms with Crippen LogP contribution in [-0.2, 0) is 16.6 Å². The third kappa shape index (κ3) is 2.38. The molecule has 1 aliphatic carbocycles. The minimum Gasteiger partial charge on any atom is -0.381 e. The Morgan fingerprint density at radius 3 is 3.00 bits per heavy atom. The summed E-state index contributed by atoms with van der Waals surface area (Å²) < 4.78 is 5.53. The van der Waals surface area contributed by atoms with Gasteiger partial charge in [0.05, 0.1) is 5.69 Å². The maximum Gasteiger partial charge on any atom is 0.125 e. The molecule has 2 fully saturated rings. The highest BCUT2D eigenvalue weighted by molar-refractivity contribution is 5.33. The van der Waals surface area contributed by atoms with E-state index in [1.165, 1.54) is 56.5 Å². The van der Waals surface area contributed by atoms with Gasteiger partial charge in [-0.15, -0.1) is 0 Å². The second-order valence-corrected chi connectivity index (χ2v) is 6.99. The smallest absolute Gasteiger partial charge is 0.125 e. The van der Waals surface area contributed by atoms with Crippen LogP contribution in [0.15, 0.2) is 6.20 Å². The number of piperidine rings is 1. The van der Waals surface area contributed by atoms with Crippen LogP contribution in [0.1, 0.15) is 49.2 Å². The predicted molar refractivity (Wildman–Crippen MR) is 81.4 cm³/mol. The van der Waals surface area contributed by atoms with E-state index in [-0.39, 0.29) is 0 Å². The summed E-state index contributed by atoms with van der Waals surface area (Å²) in [7, 11) is 0. The highest BCUT2D eigenvalue weighted by atomic mass is 16.5. The second kappa shape index (κ2) is 5.33. The number of hydrogen-bond acceptors (Lipinski definition) is 4. The van der Waals surface area contributed by atoms with Gasteiger partial charge in [-0.1, -0.05) is 0 Å². The molecule has 0 saturated carbocycles. The maximum absolute atomic E-state index is 5.53. The molecule has 0 radical (unpaired) electrons. The van der Waals surface area contributed by atoms with E-state index >= 15 is 0 Å². The largest absolute Gasteiger partial charge is 0.381 e. The van der Waals surface area contributed by atoms with Crippen molar-refractivity contribution >= 4 is 0 Å². The molecule has 0 aromatic carbocycles. The van der Waals surface area contributed by atoms with Crippen molar-refractivity contribution in [3.63, 3.8) is 0 Å². The Hall–Kier alpha value is -1.00. The van der Waals surface area contributed by atoms with Crippen molar-refractivity contribution in [2.75, 3.05) is 26.3 Å². The normalized spacial score (nSPS) is 30.7. The fraction of sp³-hybridized carbons (Fsp3) is 0.765. The van der Waals surface area contributed by atoms with Gasteiger partial charge in [-0.25, -0.2) is 9.97 Å². The van der Waals surface area contributed by atoms with Crippen LogP contribution in [0, 0.1) is 6.92 Å². The Morgan fingerprint density at radius 1 is 1.29 bits per heavy atom. The summed E-state index contributed by atoms with van der Waals surface area (Å²) in [6.45, 7) is 6.34. The molecule has 4 heteroatoms. The molecule has 2 saturated heterocycles. The van der Waals surface area contributed by atoms with Crippen molar-refractivity contribution in [2.24, 2.45) is 0 Å². The van der Waals surface area contributed by atoms with Crippen LogP contribution < -0.4 is 0 Å². The Balaban J connectivity index is 1.60. The highest BCUT2D eigenvalue weighted by Crippen LogP contribution is 2.44. The molecule has 1 aromatic rings. The van der Waals surface area contributed by atoms with E-state index in [2.05, 4.69) is 16.1 Å². The van der Waals surface area contributed by atoms with Crippen LogP contribution in [0.3, 0.4) is 0 Å². The molecule has 4 nitrogen and oxygen atoms in total. The summed E-state index contributed by atoms with van der Waals surface area (Å²) in [5.41, 5.74) is 3.07. The minimum atomic E-state index is 0.305. The number of aromatic nitrogens is 2. The van der Waals surface area contributed by atoms with Crippen LogP contribution in [0.25, 0.3) is 0 Å². The van der Waals surface area contributed by atoms with Crippen LogP contribution in [0.4, 0.5) is 0 Å². The van der Waals surface area contributed by atoms with Gasteiger partial charge in [0.15, 0.2) is 0 Å². The Kier molecular flexibility index (Phi) is 3.46. The average molecular weight is 287 g/mol. The summed E-state index contributed by atoms with van der Waals surface area (Å²) >= 11 is 0. The SMILES string of the molecule is Cc1ncc2c(n1)C1(CCCN(C3CCOCC3)C1)CC2. The summed E-state index contributed by atoms with van der Waals surface area (Å²) in [6, 6.07) is 0.725. The van der Waals surface area contributed by atoms with Crippen LogP contribution >= 0.6 is 0 Å². The topological polar surface area (TPSA) is 38.2 Å². The Morgan fingerprint density at radius 2 is 2.14 bits per heavy atom. The van der Waals surface area contributed by atoms with Crippen molar-refractivity contribution in [3.8, 4) is 0 Å². The summed E-state index contributed by atoms with van der Waals surface area (Å²) in [4.78, 5) is 12.0. The fourth-order valence-corrected chi connectivity index (χ4v) is 4.56. The molecule has 3 aliphatic rings. The molecule has 0 bridgehead atoms. The second-order valence-electron chi connectivity index (χ2n) is 6.99. The van der Waals surface area contributed by atoms with E-state index in [9.17, 15) is 0 Å². The van der Waals surface area contributed by atoms with Gasteiger partial charge < -0.3 is 4.74 Å². The molecule has 114 valence electrons. The number of hydrogen-bond donors (Lipinski definition) is 0. The third-order valence-electron chi connectivity index (χ3n) is 5.67. The number of ether oxygens (including phenoxy) is 1. The Labute approximate surface area is 126 Å². The van der Waals surface area contributed by atoms with Gasteiger partial charge in [0.1, 0.15) is 5.82 Å². The molecule has 1 unspecified atom stereocenters. The molecular formula is C17H25N3O. The van der Waals surface area contributed by atoms with Crippen LogP contribution in [-0.4, -0.2) is 47.2 Å². The van der Waals surface area contributed by atoms with Crippen molar-refractivity contribution in [3.05, 3.63) is 23.3 Å². The van der Waals surface area contributed by atoms with Gasteiger partial charge in [-0.2, -0.15) is 0 Å². The molecule has 21 heavy (non-hydrogen) atoms. The molecule has 1 spiro atoms. The first kappa shape index (κ1) is 13.6. The van der Waals surface area contributed by atoms with E-state index in [1.807, 2.05) is 6.92 Å². The highest BCUT2D eigenvalue weighted by Gasteiger charge is 2.44. The van der Waals surface area contributed by atoms with E-state index in [0.717, 1.165) is 31.5 Å².